The molecule has 0 aliphatic rings. The maximum atomic E-state index is 10.2. The predicted octanol–water partition coefficient (Wildman–Crippen LogP) is 2.61. The summed E-state index contributed by atoms with van der Waals surface area (Å²) >= 11 is 0. The monoisotopic (exact) mass is 215 g/mol. The van der Waals surface area contributed by atoms with Crippen LogP contribution in [-0.4, -0.2) is 10.6 Å². The number of aliphatic hydroxyl groups is 1. The third-order valence-electron chi connectivity index (χ3n) is 2.82. The average molecular weight is 215 g/mol. The van der Waals surface area contributed by atoms with E-state index in [2.05, 4.69) is 0 Å². The maximum Gasteiger partial charge on any atom is 0.0969 e. The molecule has 0 spiro atoms. The lowest BCUT2D eigenvalue weighted by Crippen LogP contribution is -2.39. The average Bonchev–Trinajstić information content (AvgIpc) is 2.26. The second-order valence-electron chi connectivity index (χ2n) is 4.79. The van der Waals surface area contributed by atoms with Crippen LogP contribution in [0.25, 0.3) is 10.8 Å². The van der Waals surface area contributed by atoms with Crippen molar-refractivity contribution in [1.82, 2.24) is 0 Å². The van der Waals surface area contributed by atoms with Crippen LogP contribution in [0.2, 0.25) is 0 Å². The van der Waals surface area contributed by atoms with E-state index in [9.17, 15) is 5.11 Å². The fourth-order valence-electron chi connectivity index (χ4n) is 1.89. The Morgan fingerprint density at radius 1 is 1.06 bits per heavy atom. The first-order valence-corrected chi connectivity index (χ1v) is 5.45. The fraction of sp³-hybridized carbons (Fsp3) is 0.286. The van der Waals surface area contributed by atoms with Crippen molar-refractivity contribution < 1.29 is 5.11 Å². The zero-order valence-corrected chi connectivity index (χ0v) is 9.64. The number of fused-ring (bicyclic) bond motifs is 1. The number of rotatable bonds is 2. The normalized spacial score (nSPS) is 14.0. The standard InChI is InChI=1S/C14H17NO/c1-14(2,15)13(16)12-9-5-7-10-6-3-4-8-11(10)12/h3-9,13,16H,15H2,1-2H3. The second-order valence-corrected chi connectivity index (χ2v) is 4.79. The van der Waals surface area contributed by atoms with Crippen molar-refractivity contribution in [1.29, 1.82) is 0 Å². The molecule has 2 nitrogen and oxygen atoms in total. The molecule has 16 heavy (non-hydrogen) atoms. The first-order valence-electron chi connectivity index (χ1n) is 5.45. The van der Waals surface area contributed by atoms with E-state index in [4.69, 9.17) is 5.73 Å². The number of hydrogen-bond donors (Lipinski definition) is 2. The quantitative estimate of drug-likeness (QED) is 0.809. The molecule has 3 N–H and O–H groups in total. The molecule has 0 amide bonds. The molecular formula is C14H17NO. The molecule has 0 bridgehead atoms. The zero-order valence-electron chi connectivity index (χ0n) is 9.64. The number of benzene rings is 2. The van der Waals surface area contributed by atoms with Gasteiger partial charge in [0.05, 0.1) is 6.10 Å². The summed E-state index contributed by atoms with van der Waals surface area (Å²) in [6.07, 6.45) is -0.654. The minimum atomic E-state index is -0.654. The Morgan fingerprint density at radius 2 is 1.69 bits per heavy atom. The smallest absolute Gasteiger partial charge is 0.0969 e. The molecule has 84 valence electrons. The molecule has 0 aliphatic heterocycles. The van der Waals surface area contributed by atoms with Crippen LogP contribution in [0.1, 0.15) is 25.5 Å². The van der Waals surface area contributed by atoms with Crippen LogP contribution in [0.5, 0.6) is 0 Å². The van der Waals surface area contributed by atoms with Gasteiger partial charge >= 0.3 is 0 Å². The summed E-state index contributed by atoms with van der Waals surface area (Å²) in [5.74, 6) is 0. The van der Waals surface area contributed by atoms with Gasteiger partial charge in [0.25, 0.3) is 0 Å². The fourth-order valence-corrected chi connectivity index (χ4v) is 1.89. The van der Waals surface area contributed by atoms with Gasteiger partial charge in [-0.2, -0.15) is 0 Å². The van der Waals surface area contributed by atoms with E-state index in [0.717, 1.165) is 16.3 Å². The predicted molar refractivity (Wildman–Crippen MR) is 67.2 cm³/mol. The van der Waals surface area contributed by atoms with E-state index in [1.54, 1.807) is 0 Å². The summed E-state index contributed by atoms with van der Waals surface area (Å²) in [4.78, 5) is 0. The van der Waals surface area contributed by atoms with Gasteiger partial charge in [0.15, 0.2) is 0 Å². The van der Waals surface area contributed by atoms with Gasteiger partial charge in [-0.3, -0.25) is 0 Å². The maximum absolute atomic E-state index is 10.2. The van der Waals surface area contributed by atoms with Crippen LogP contribution < -0.4 is 5.73 Å². The molecule has 2 aromatic rings. The van der Waals surface area contributed by atoms with E-state index in [-0.39, 0.29) is 0 Å². The van der Waals surface area contributed by atoms with E-state index in [0.29, 0.717) is 0 Å². The third-order valence-corrected chi connectivity index (χ3v) is 2.82. The Kier molecular flexibility index (Phi) is 2.70. The molecule has 0 aromatic heterocycles. The molecule has 2 rings (SSSR count). The lowest BCUT2D eigenvalue weighted by Gasteiger charge is -2.27. The first-order chi connectivity index (χ1) is 7.50. The topological polar surface area (TPSA) is 46.2 Å². The highest BCUT2D eigenvalue weighted by Gasteiger charge is 2.25. The van der Waals surface area contributed by atoms with Crippen LogP contribution in [0, 0.1) is 0 Å². The van der Waals surface area contributed by atoms with Crippen molar-refractivity contribution >= 4 is 10.8 Å². The summed E-state index contributed by atoms with van der Waals surface area (Å²) in [7, 11) is 0. The van der Waals surface area contributed by atoms with Crippen molar-refractivity contribution in [3.8, 4) is 0 Å². The molecule has 0 saturated heterocycles. The van der Waals surface area contributed by atoms with Gasteiger partial charge in [-0.05, 0) is 30.2 Å². The highest BCUT2D eigenvalue weighted by atomic mass is 16.3. The molecule has 0 saturated carbocycles. The second kappa shape index (κ2) is 3.89. The highest BCUT2D eigenvalue weighted by Crippen LogP contribution is 2.29. The summed E-state index contributed by atoms with van der Waals surface area (Å²) < 4.78 is 0. The van der Waals surface area contributed by atoms with E-state index >= 15 is 0 Å². The number of nitrogens with two attached hydrogens (primary N) is 1. The summed E-state index contributed by atoms with van der Waals surface area (Å²) in [6.45, 7) is 3.67. The van der Waals surface area contributed by atoms with E-state index < -0.39 is 11.6 Å². The first kappa shape index (κ1) is 11.1. The van der Waals surface area contributed by atoms with Crippen LogP contribution >= 0.6 is 0 Å². The van der Waals surface area contributed by atoms with Crippen LogP contribution in [0.4, 0.5) is 0 Å². The summed E-state index contributed by atoms with van der Waals surface area (Å²) in [6, 6.07) is 13.9. The van der Waals surface area contributed by atoms with Gasteiger partial charge in [-0.15, -0.1) is 0 Å². The Hall–Kier alpha value is -1.38. The van der Waals surface area contributed by atoms with Gasteiger partial charge < -0.3 is 10.8 Å². The number of aliphatic hydroxyl groups excluding tert-OH is 1. The highest BCUT2D eigenvalue weighted by molar-refractivity contribution is 5.86. The lowest BCUT2D eigenvalue weighted by molar-refractivity contribution is 0.106. The zero-order chi connectivity index (χ0) is 11.8. The van der Waals surface area contributed by atoms with E-state index in [1.807, 2.05) is 56.3 Å². The van der Waals surface area contributed by atoms with Crippen molar-refractivity contribution in [3.63, 3.8) is 0 Å². The van der Waals surface area contributed by atoms with Crippen molar-refractivity contribution in [3.05, 3.63) is 48.0 Å². The Morgan fingerprint density at radius 3 is 2.38 bits per heavy atom. The molecule has 2 aromatic carbocycles. The lowest BCUT2D eigenvalue weighted by atomic mass is 9.89. The Labute approximate surface area is 95.7 Å². The van der Waals surface area contributed by atoms with Gasteiger partial charge in [0.2, 0.25) is 0 Å². The summed E-state index contributed by atoms with van der Waals surface area (Å²) in [5.41, 5.74) is 6.21. The molecule has 1 atom stereocenters. The molecule has 0 heterocycles. The molecular weight excluding hydrogens is 198 g/mol. The van der Waals surface area contributed by atoms with Gasteiger partial charge in [0.1, 0.15) is 0 Å². The molecule has 2 heteroatoms. The minimum Gasteiger partial charge on any atom is -0.386 e. The van der Waals surface area contributed by atoms with E-state index in [1.165, 1.54) is 0 Å². The molecule has 0 fully saturated rings. The third kappa shape index (κ3) is 1.94. The van der Waals surface area contributed by atoms with Gasteiger partial charge in [-0.1, -0.05) is 42.5 Å². The van der Waals surface area contributed by atoms with Gasteiger partial charge in [0, 0.05) is 5.54 Å². The van der Waals surface area contributed by atoms with Crippen LogP contribution in [0.15, 0.2) is 42.5 Å². The van der Waals surface area contributed by atoms with Crippen molar-refractivity contribution in [2.45, 2.75) is 25.5 Å². The van der Waals surface area contributed by atoms with Crippen molar-refractivity contribution in [2.75, 3.05) is 0 Å². The molecule has 1 unspecified atom stereocenters. The molecule has 0 radical (unpaired) electrons. The summed E-state index contributed by atoms with van der Waals surface area (Å²) in [5, 5.41) is 12.4. The van der Waals surface area contributed by atoms with Gasteiger partial charge in [-0.25, -0.2) is 0 Å². The van der Waals surface area contributed by atoms with Crippen LogP contribution in [0.3, 0.4) is 0 Å². The Bertz CT molecular complexity index is 494. The Balaban J connectivity index is 2.61. The van der Waals surface area contributed by atoms with Crippen molar-refractivity contribution in [2.24, 2.45) is 5.73 Å². The van der Waals surface area contributed by atoms with Crippen LogP contribution in [-0.2, 0) is 0 Å². The SMILES string of the molecule is CC(C)(N)C(O)c1cccc2ccccc12. The minimum absolute atomic E-state index is 0.635. The number of hydrogen-bond acceptors (Lipinski definition) is 2. The molecule has 0 aliphatic carbocycles. The largest absolute Gasteiger partial charge is 0.386 e.